The zero-order valence-corrected chi connectivity index (χ0v) is 19.3. The van der Waals surface area contributed by atoms with Gasteiger partial charge in [0.15, 0.2) is 6.61 Å². The molecule has 0 fully saturated rings. The van der Waals surface area contributed by atoms with Crippen LogP contribution < -0.4 is 10.1 Å². The van der Waals surface area contributed by atoms with Crippen LogP contribution in [0.5, 0.6) is 5.75 Å². The maximum Gasteiger partial charge on any atom is 0.261 e. The standard InChI is InChI=1S/C23H28Cl2N2O3/c1-15(2)12-26-23(29)17(4)27(13-18-8-9-19(24)11-21(18)25)22(28)14-30-20-7-5-6-16(3)10-20/h5-11,15,17H,12-14H2,1-4H3,(H,26,29). The minimum absolute atomic E-state index is 0.169. The highest BCUT2D eigenvalue weighted by Gasteiger charge is 2.27. The first-order valence-corrected chi connectivity index (χ1v) is 10.6. The summed E-state index contributed by atoms with van der Waals surface area (Å²) < 4.78 is 5.67. The minimum atomic E-state index is -0.691. The highest BCUT2D eigenvalue weighted by Crippen LogP contribution is 2.23. The van der Waals surface area contributed by atoms with E-state index in [1.165, 1.54) is 4.90 Å². The molecule has 1 N–H and O–H groups in total. The predicted octanol–water partition coefficient (Wildman–Crippen LogP) is 4.87. The van der Waals surface area contributed by atoms with Crippen molar-refractivity contribution >= 4 is 35.0 Å². The van der Waals surface area contributed by atoms with Crippen LogP contribution in [0, 0.1) is 12.8 Å². The van der Waals surface area contributed by atoms with Gasteiger partial charge in [0.1, 0.15) is 11.8 Å². The fourth-order valence-electron chi connectivity index (χ4n) is 2.80. The number of halogens is 2. The third kappa shape index (κ3) is 7.22. The molecule has 2 aromatic carbocycles. The topological polar surface area (TPSA) is 58.6 Å². The molecule has 0 radical (unpaired) electrons. The van der Waals surface area contributed by atoms with E-state index in [0.717, 1.165) is 5.56 Å². The molecule has 1 atom stereocenters. The van der Waals surface area contributed by atoms with Crippen LogP contribution in [-0.2, 0) is 16.1 Å². The van der Waals surface area contributed by atoms with Gasteiger partial charge in [0.05, 0.1) is 0 Å². The Labute approximate surface area is 188 Å². The van der Waals surface area contributed by atoms with E-state index in [9.17, 15) is 9.59 Å². The van der Waals surface area contributed by atoms with E-state index < -0.39 is 6.04 Å². The number of benzene rings is 2. The van der Waals surface area contributed by atoms with Gasteiger partial charge in [-0.05, 0) is 55.2 Å². The Morgan fingerprint density at radius 3 is 2.47 bits per heavy atom. The van der Waals surface area contributed by atoms with Crippen LogP contribution in [-0.4, -0.2) is 35.9 Å². The second-order valence-electron chi connectivity index (χ2n) is 7.68. The summed E-state index contributed by atoms with van der Waals surface area (Å²) in [7, 11) is 0. The molecule has 0 saturated carbocycles. The van der Waals surface area contributed by atoms with Crippen molar-refractivity contribution in [2.75, 3.05) is 13.2 Å². The lowest BCUT2D eigenvalue weighted by Gasteiger charge is -2.29. The first-order chi connectivity index (χ1) is 14.2. The molecule has 5 nitrogen and oxygen atoms in total. The lowest BCUT2D eigenvalue weighted by atomic mass is 10.1. The molecular formula is C23H28Cl2N2O3. The van der Waals surface area contributed by atoms with Crippen LogP contribution in [0.25, 0.3) is 0 Å². The van der Waals surface area contributed by atoms with Crippen LogP contribution in [0.15, 0.2) is 42.5 Å². The number of aryl methyl sites for hydroxylation is 1. The SMILES string of the molecule is Cc1cccc(OCC(=O)N(Cc2ccc(Cl)cc2Cl)C(C)C(=O)NCC(C)C)c1. The molecule has 0 heterocycles. The number of carbonyl (C=O) groups excluding carboxylic acids is 2. The molecular weight excluding hydrogens is 423 g/mol. The molecule has 0 saturated heterocycles. The summed E-state index contributed by atoms with van der Waals surface area (Å²) in [5, 5.41) is 3.83. The molecule has 30 heavy (non-hydrogen) atoms. The monoisotopic (exact) mass is 450 g/mol. The van der Waals surface area contributed by atoms with Crippen molar-refractivity contribution < 1.29 is 14.3 Å². The highest BCUT2D eigenvalue weighted by atomic mass is 35.5. The fraction of sp³-hybridized carbons (Fsp3) is 0.391. The summed E-state index contributed by atoms with van der Waals surface area (Å²) in [5.41, 5.74) is 1.74. The third-order valence-electron chi connectivity index (χ3n) is 4.56. The van der Waals surface area contributed by atoms with Crippen molar-refractivity contribution in [3.05, 3.63) is 63.6 Å². The van der Waals surface area contributed by atoms with E-state index in [0.29, 0.717) is 33.8 Å². The quantitative estimate of drug-likeness (QED) is 0.592. The van der Waals surface area contributed by atoms with E-state index in [-0.39, 0.29) is 25.0 Å². The van der Waals surface area contributed by atoms with Crippen molar-refractivity contribution in [1.82, 2.24) is 10.2 Å². The van der Waals surface area contributed by atoms with E-state index in [1.807, 2.05) is 39.0 Å². The van der Waals surface area contributed by atoms with E-state index >= 15 is 0 Å². The number of nitrogens with zero attached hydrogens (tertiary/aromatic N) is 1. The van der Waals surface area contributed by atoms with Gasteiger partial charge >= 0.3 is 0 Å². The van der Waals surface area contributed by atoms with Crippen LogP contribution in [0.2, 0.25) is 10.0 Å². The Morgan fingerprint density at radius 1 is 1.10 bits per heavy atom. The molecule has 0 aromatic heterocycles. The maximum absolute atomic E-state index is 13.0. The summed E-state index contributed by atoms with van der Waals surface area (Å²) in [6.07, 6.45) is 0. The van der Waals surface area contributed by atoms with E-state index in [4.69, 9.17) is 27.9 Å². The first kappa shape index (κ1) is 24.0. The number of carbonyl (C=O) groups is 2. The molecule has 0 spiro atoms. The van der Waals surface area contributed by atoms with Gasteiger partial charge in [0.25, 0.3) is 5.91 Å². The number of nitrogens with one attached hydrogen (secondary N) is 1. The first-order valence-electron chi connectivity index (χ1n) is 9.88. The van der Waals surface area contributed by atoms with Gasteiger partial charge in [-0.1, -0.05) is 55.2 Å². The second kappa shape index (κ2) is 11.2. The van der Waals surface area contributed by atoms with Gasteiger partial charge in [-0.25, -0.2) is 0 Å². The Morgan fingerprint density at radius 2 is 1.83 bits per heavy atom. The molecule has 2 aromatic rings. The largest absolute Gasteiger partial charge is 0.484 e. The summed E-state index contributed by atoms with van der Waals surface area (Å²) in [6, 6.07) is 11.8. The molecule has 2 amide bonds. The minimum Gasteiger partial charge on any atom is -0.484 e. The van der Waals surface area contributed by atoms with Crippen LogP contribution >= 0.6 is 23.2 Å². The Balaban J connectivity index is 2.18. The molecule has 7 heteroatoms. The van der Waals surface area contributed by atoms with Crippen LogP contribution in [0.3, 0.4) is 0 Å². The molecule has 0 aliphatic heterocycles. The summed E-state index contributed by atoms with van der Waals surface area (Å²) in [6.45, 7) is 8.19. The zero-order valence-electron chi connectivity index (χ0n) is 17.7. The number of ether oxygens (including phenoxy) is 1. The lowest BCUT2D eigenvalue weighted by Crippen LogP contribution is -2.49. The van der Waals surface area contributed by atoms with Gasteiger partial charge in [-0.2, -0.15) is 0 Å². The predicted molar refractivity (Wildman–Crippen MR) is 121 cm³/mol. The molecule has 0 aliphatic rings. The van der Waals surface area contributed by atoms with Crippen LogP contribution in [0.1, 0.15) is 31.9 Å². The van der Waals surface area contributed by atoms with E-state index in [1.54, 1.807) is 31.2 Å². The van der Waals surface area contributed by atoms with Crippen molar-refractivity contribution in [1.29, 1.82) is 0 Å². The lowest BCUT2D eigenvalue weighted by molar-refractivity contribution is -0.142. The molecule has 162 valence electrons. The number of hydrogen-bond donors (Lipinski definition) is 1. The van der Waals surface area contributed by atoms with Crippen molar-refractivity contribution in [2.45, 2.75) is 40.3 Å². The molecule has 2 rings (SSSR count). The maximum atomic E-state index is 13.0. The molecule has 0 bridgehead atoms. The molecule has 0 aliphatic carbocycles. The van der Waals surface area contributed by atoms with Crippen molar-refractivity contribution in [2.24, 2.45) is 5.92 Å². The van der Waals surface area contributed by atoms with E-state index in [2.05, 4.69) is 5.32 Å². The number of hydrogen-bond acceptors (Lipinski definition) is 3. The second-order valence-corrected chi connectivity index (χ2v) is 8.52. The normalized spacial score (nSPS) is 11.8. The van der Waals surface area contributed by atoms with Gasteiger partial charge < -0.3 is 15.0 Å². The number of amides is 2. The average Bonchev–Trinajstić information content (AvgIpc) is 2.69. The summed E-state index contributed by atoms with van der Waals surface area (Å²) in [5.74, 6) is 0.373. The van der Waals surface area contributed by atoms with Gasteiger partial charge in [0.2, 0.25) is 5.91 Å². The average molecular weight is 451 g/mol. The fourth-order valence-corrected chi connectivity index (χ4v) is 3.27. The van der Waals surface area contributed by atoms with Crippen molar-refractivity contribution in [3.63, 3.8) is 0 Å². The Bertz CT molecular complexity index is 887. The smallest absolute Gasteiger partial charge is 0.261 e. The van der Waals surface area contributed by atoms with Gasteiger partial charge in [-0.15, -0.1) is 0 Å². The van der Waals surface area contributed by atoms with Gasteiger partial charge in [-0.3, -0.25) is 9.59 Å². The Hall–Kier alpha value is -2.24. The van der Waals surface area contributed by atoms with Gasteiger partial charge in [0, 0.05) is 23.1 Å². The van der Waals surface area contributed by atoms with Crippen LogP contribution in [0.4, 0.5) is 0 Å². The summed E-state index contributed by atoms with van der Waals surface area (Å²) in [4.78, 5) is 27.1. The van der Waals surface area contributed by atoms with Crippen molar-refractivity contribution in [3.8, 4) is 5.75 Å². The Kier molecular flexibility index (Phi) is 9.00. The molecule has 1 unspecified atom stereocenters. The number of rotatable bonds is 9. The highest BCUT2D eigenvalue weighted by molar-refractivity contribution is 6.35. The zero-order chi connectivity index (χ0) is 22.3. The summed E-state index contributed by atoms with van der Waals surface area (Å²) >= 11 is 12.3. The third-order valence-corrected chi connectivity index (χ3v) is 5.15.